The van der Waals surface area contributed by atoms with Crippen molar-refractivity contribution in [3.05, 3.63) is 108 Å². The number of nitrogens with one attached hydrogen (secondary N) is 2. The predicted octanol–water partition coefficient (Wildman–Crippen LogP) is 7.11. The number of aliphatic hydroxyl groups is 4. The number of oxazole rings is 1. The van der Waals surface area contributed by atoms with Crippen molar-refractivity contribution < 1.29 is 86.9 Å². The number of aryl methyl sites for hydroxylation is 1. The van der Waals surface area contributed by atoms with Crippen LogP contribution in [0.4, 0.5) is 23.7 Å². The summed E-state index contributed by atoms with van der Waals surface area (Å²) in [5.41, 5.74) is 18.7. The van der Waals surface area contributed by atoms with Gasteiger partial charge in [-0.1, -0.05) is 76.2 Å². The molecule has 0 spiro atoms. The molecule has 1 aliphatic carbocycles. The number of rotatable bonds is 24. The molecule has 3 saturated heterocycles. The molecule has 6 aromatic rings. The smallest absolute Gasteiger partial charge is 0.329 e. The third-order valence-electron chi connectivity index (χ3n) is 25.4. The molecule has 10 heterocycles. The van der Waals surface area contributed by atoms with E-state index < -0.39 is 90.7 Å². The zero-order chi connectivity index (χ0) is 89.9. The van der Waals surface area contributed by atoms with E-state index in [-0.39, 0.29) is 118 Å². The van der Waals surface area contributed by atoms with Gasteiger partial charge in [0.1, 0.15) is 47.7 Å². The first-order valence-electron chi connectivity index (χ1n) is 44.3. The number of aliphatic hydroxyl groups excluding tert-OH is 3. The number of piperidine rings is 1. The highest BCUT2D eigenvalue weighted by Crippen LogP contribution is 2.40. The van der Waals surface area contributed by atoms with Crippen LogP contribution < -0.4 is 31.9 Å². The first kappa shape index (κ1) is 94.8. The first-order chi connectivity index (χ1) is 60.6. The number of esters is 1. The molecule has 5 aromatic heterocycles. The van der Waals surface area contributed by atoms with E-state index in [1.165, 1.54) is 30.7 Å². The summed E-state index contributed by atoms with van der Waals surface area (Å²) in [7, 11) is 4.61. The number of ketones is 1. The molecule has 684 valence electrons. The number of cyclic esters (lactones) is 1. The fourth-order valence-corrected chi connectivity index (χ4v) is 17.8. The molecule has 10 N–H and O–H groups in total. The molecule has 4 amide bonds. The summed E-state index contributed by atoms with van der Waals surface area (Å²) < 4.78 is 43.3. The summed E-state index contributed by atoms with van der Waals surface area (Å²) in [6.45, 7) is 17.2. The molecule has 6 aliphatic rings. The van der Waals surface area contributed by atoms with Gasteiger partial charge in [-0.2, -0.15) is 10.1 Å². The normalized spacial score (nSPS) is 28.7. The van der Waals surface area contributed by atoms with Gasteiger partial charge in [0.05, 0.1) is 66.1 Å². The van der Waals surface area contributed by atoms with E-state index in [0.717, 1.165) is 22.4 Å². The van der Waals surface area contributed by atoms with Crippen LogP contribution in [0.5, 0.6) is 0 Å². The number of oxime groups is 1. The minimum atomic E-state index is -2.47. The Labute approximate surface area is 734 Å². The summed E-state index contributed by atoms with van der Waals surface area (Å²) in [6, 6.07) is 4.36. The fourth-order valence-electron chi connectivity index (χ4n) is 17.8. The van der Waals surface area contributed by atoms with Crippen molar-refractivity contribution in [2.24, 2.45) is 40.7 Å². The monoisotopic (exact) mass is 1750 g/mol. The summed E-state index contributed by atoms with van der Waals surface area (Å²) in [4.78, 5) is 128. The van der Waals surface area contributed by atoms with Crippen LogP contribution in [0.3, 0.4) is 0 Å². The summed E-state index contributed by atoms with van der Waals surface area (Å²) >= 11 is 0. The Kier molecular flexibility index (Phi) is 33.4. The van der Waals surface area contributed by atoms with Gasteiger partial charge in [0, 0.05) is 160 Å². The third-order valence-corrected chi connectivity index (χ3v) is 25.4. The molecule has 1 aromatic carbocycles. The van der Waals surface area contributed by atoms with Crippen molar-refractivity contribution in [1.29, 1.82) is 0 Å². The third kappa shape index (κ3) is 23.9. The number of allylic oxidation sites excluding steroid dienone is 5. The number of nitrogen functional groups attached to an aromatic ring is 2. The Balaban J connectivity index is 0.622. The van der Waals surface area contributed by atoms with Gasteiger partial charge in [-0.3, -0.25) is 24.0 Å². The SMILES string of the molecule is CO[C@H]1C[C@@H]2CC[C@@H](C)[C@@](O)(O2)C(=O)C(=O)N2CCCC[C@H]2C(=O)O[C@H]([C@H](C)C[C@@H]2CC[C@@H](O)[C@H](OC)C2)C[C@@H](O)[C@H](C)/C=C(\C)[C@@H](O)[C@@H](OC)C(=NOCC(=O)N2CCc3nc(N4CCN(c5ncc(C(=O)NCCOCCC(=O)NCCCCn6nc(-c7ccc8oc(N)nc8c7)c7c(N)ncnc76)cn5)CC4)ncc3C2)[C@H](C)C[C@H](C)/C=C/C=C/C=C/1C. The van der Waals surface area contributed by atoms with Crippen LogP contribution in [0.1, 0.15) is 166 Å². The van der Waals surface area contributed by atoms with Crippen LogP contribution in [0.2, 0.25) is 0 Å². The highest BCUT2D eigenvalue weighted by molar-refractivity contribution is 6.39. The molecule has 36 nitrogen and oxygen atoms in total. The Hall–Kier alpha value is -10.3. The lowest BCUT2D eigenvalue weighted by atomic mass is 9.78. The maximum absolute atomic E-state index is 14.8. The van der Waals surface area contributed by atoms with Crippen molar-refractivity contribution in [3.8, 4) is 11.3 Å². The second kappa shape index (κ2) is 44.4. The molecule has 0 unspecified atom stereocenters. The van der Waals surface area contributed by atoms with E-state index >= 15 is 0 Å². The number of carbonyl (C=O) groups excluding carboxylic acids is 6. The Bertz CT molecular complexity index is 4880. The quantitative estimate of drug-likeness (QED) is 0.00983. The number of ether oxygens (including phenoxy) is 6. The average Bonchev–Trinajstić information content (AvgIpc) is 0.983. The molecule has 126 heavy (non-hydrogen) atoms. The zero-order valence-electron chi connectivity index (χ0n) is 74.1. The molecule has 4 fully saturated rings. The standard InChI is InChI=1S/C90H126N18O18/c1-53-18-12-11-13-19-54(2)71(119-8)45-64-24-21-59(7)90(118,126-64)81(114)85(116)107-31-16-14-20-67(107)86(117)124-72(56(4)42-60-22-25-68(109)73(43-60)120-9)46-69(110)55(3)41-58(6)79(113)80(121-10)77(57(5)40-53)103-123-51-75(112)106-33-27-65-63(50-106)49-97-89(101-65)105-36-34-104(35-37-105)88-95-47-62(48-96-88)84(115)94-30-39-122-38-28-74(111)93-29-15-17-32-108-83-76(82(91)98-52-99-83)78(102-108)61-23-26-70-66(44-61)100-87(92)125-70/h11-13,18-19,23,26,41,44,47-49,52-53,55-57,59-60,64,67-69,71-73,79-80,109-110,113,118H,14-17,20-22,24-25,27-40,42-43,45-46,50-51H2,1-10H3,(H2,92,100)(H,93,111)(H,94,115)(H2,91,98,99)/b13-11+,18-12+,54-19+,58-41+,103-77?/t53-,55-,56-,57-,59-,60+,64+,67+,68-,69-,71+,72+,73-,79-,80+,90-/m1/s1. The number of anilines is 4. The Morgan fingerprint density at radius 2 is 1.55 bits per heavy atom. The summed E-state index contributed by atoms with van der Waals surface area (Å²) in [5, 5.41) is 63.4. The van der Waals surface area contributed by atoms with Crippen molar-refractivity contribution in [3.63, 3.8) is 0 Å². The topological polar surface area (TPSA) is 471 Å². The number of benzene rings is 1. The lowest BCUT2D eigenvalue weighted by Crippen LogP contribution is -2.61. The first-order valence-corrected chi connectivity index (χ1v) is 44.3. The van der Waals surface area contributed by atoms with Crippen LogP contribution in [-0.2, 0) is 76.7 Å². The lowest BCUT2D eigenvalue weighted by Gasteiger charge is -2.43. The van der Waals surface area contributed by atoms with Crippen LogP contribution >= 0.6 is 0 Å². The number of hydrogen-bond acceptors (Lipinski definition) is 31. The molecular formula is C90H126N18O18. The van der Waals surface area contributed by atoms with Gasteiger partial charge >= 0.3 is 5.97 Å². The summed E-state index contributed by atoms with van der Waals surface area (Å²) in [6.07, 6.45) is 18.3. The molecule has 2 bridgehead atoms. The van der Waals surface area contributed by atoms with Gasteiger partial charge < -0.3 is 99.8 Å². The number of carbonyl (C=O) groups is 6. The average molecular weight is 1750 g/mol. The maximum atomic E-state index is 14.8. The highest BCUT2D eigenvalue weighted by Gasteiger charge is 2.53. The number of piperazine rings is 1. The maximum Gasteiger partial charge on any atom is 0.329 e. The van der Waals surface area contributed by atoms with Gasteiger partial charge in [0.2, 0.25) is 23.6 Å². The van der Waals surface area contributed by atoms with E-state index in [2.05, 4.69) is 52.5 Å². The number of amides is 4. The highest BCUT2D eigenvalue weighted by atomic mass is 16.6. The number of aromatic nitrogens is 9. The largest absolute Gasteiger partial charge is 0.460 e. The number of Topliss-reactive ketones (excluding diaryl/α,β-unsaturated/α-hetero) is 1. The van der Waals surface area contributed by atoms with E-state index in [1.807, 2.05) is 68.2 Å². The van der Waals surface area contributed by atoms with Gasteiger partial charge in [0.15, 0.2) is 17.8 Å². The van der Waals surface area contributed by atoms with Gasteiger partial charge in [-0.15, -0.1) is 0 Å². The second-order valence-electron chi connectivity index (χ2n) is 34.6. The van der Waals surface area contributed by atoms with Crippen molar-refractivity contribution in [2.45, 2.75) is 225 Å². The van der Waals surface area contributed by atoms with Crippen LogP contribution in [0.15, 0.2) is 100 Å². The van der Waals surface area contributed by atoms with Gasteiger partial charge in [0.25, 0.3) is 29.5 Å². The van der Waals surface area contributed by atoms with Gasteiger partial charge in [-0.25, -0.2) is 39.4 Å². The Morgan fingerprint density at radius 1 is 0.778 bits per heavy atom. The van der Waals surface area contributed by atoms with Crippen molar-refractivity contribution in [1.82, 2.24) is 65.1 Å². The van der Waals surface area contributed by atoms with Crippen LogP contribution in [-0.4, -0.2) is 270 Å². The van der Waals surface area contributed by atoms with E-state index in [4.69, 9.17) is 64.2 Å². The van der Waals surface area contributed by atoms with Crippen molar-refractivity contribution >= 4 is 87.0 Å². The number of unbranched alkanes of at least 4 members (excludes halogenated alkanes) is 1. The minimum absolute atomic E-state index is 0.0376. The molecule has 5 aliphatic heterocycles. The second-order valence-corrected chi connectivity index (χ2v) is 34.6. The molecule has 16 atom stereocenters. The predicted molar refractivity (Wildman–Crippen MR) is 469 cm³/mol. The van der Waals surface area contributed by atoms with Crippen LogP contribution in [0.25, 0.3) is 33.4 Å². The summed E-state index contributed by atoms with van der Waals surface area (Å²) in [5.74, 6) is -6.95. The molecule has 12 rings (SSSR count). The van der Waals surface area contributed by atoms with Crippen molar-refractivity contribution in [2.75, 3.05) is 115 Å². The van der Waals surface area contributed by atoms with Gasteiger partial charge in [-0.05, 0) is 138 Å². The number of nitrogens with zero attached hydrogens (tertiary/aromatic N) is 14. The number of hydrogen-bond donors (Lipinski definition) is 8. The van der Waals surface area contributed by atoms with E-state index in [0.29, 0.717) is 180 Å². The molecule has 1 saturated carbocycles. The fraction of sp³-hybridized carbons (Fsp3) is 0.611. The number of nitrogens with two attached hydrogens (primary N) is 2. The molecule has 36 heteroatoms. The Morgan fingerprint density at radius 3 is 2.31 bits per heavy atom. The zero-order valence-corrected chi connectivity index (χ0v) is 74.1. The molecule has 0 radical (unpaired) electrons. The van der Waals surface area contributed by atoms with E-state index in [9.17, 15) is 49.2 Å². The van der Waals surface area contributed by atoms with E-state index in [1.54, 1.807) is 62.9 Å². The number of methoxy groups -OCH3 is 3. The van der Waals surface area contributed by atoms with Crippen LogP contribution in [0, 0.1) is 35.5 Å². The molecular weight excluding hydrogens is 1620 g/mol. The number of fused-ring (bicyclic) bond motifs is 6. The minimum Gasteiger partial charge on any atom is -0.460 e. The lowest BCUT2D eigenvalue weighted by molar-refractivity contribution is -0.265.